The summed E-state index contributed by atoms with van der Waals surface area (Å²) in [7, 11) is 0. The van der Waals surface area contributed by atoms with Gasteiger partial charge in [0.25, 0.3) is 11.1 Å². The van der Waals surface area contributed by atoms with E-state index in [1.54, 1.807) is 12.1 Å². The summed E-state index contributed by atoms with van der Waals surface area (Å²) in [4.78, 5) is 37.9. The van der Waals surface area contributed by atoms with Crippen LogP contribution in [-0.2, 0) is 9.59 Å². The Labute approximate surface area is 166 Å². The smallest absolute Gasteiger partial charge is 0.294 e. The van der Waals surface area contributed by atoms with Gasteiger partial charge in [-0.15, -0.1) is 0 Å². The number of benzene rings is 2. The molecule has 0 bridgehead atoms. The largest absolute Gasteiger partial charge is 0.325 e. The molecule has 0 aromatic heterocycles. The minimum absolute atomic E-state index is 0.200. The third-order valence-electron chi connectivity index (χ3n) is 4.20. The van der Waals surface area contributed by atoms with Gasteiger partial charge >= 0.3 is 0 Å². The van der Waals surface area contributed by atoms with Crippen LogP contribution >= 0.6 is 11.8 Å². The van der Waals surface area contributed by atoms with Crippen molar-refractivity contribution in [2.45, 2.75) is 19.8 Å². The summed E-state index contributed by atoms with van der Waals surface area (Å²) in [5.74, 6) is -0.997. The van der Waals surface area contributed by atoms with Crippen LogP contribution in [0.3, 0.4) is 0 Å². The molecule has 1 N–H and O–H groups in total. The summed E-state index contributed by atoms with van der Waals surface area (Å²) in [5.41, 5.74) is 2.35. The fourth-order valence-corrected chi connectivity index (χ4v) is 3.48. The molecule has 1 aliphatic heterocycles. The highest BCUT2D eigenvalue weighted by atomic mass is 32.2. The fourth-order valence-electron chi connectivity index (χ4n) is 2.64. The molecule has 5 nitrogen and oxygen atoms in total. The summed E-state index contributed by atoms with van der Waals surface area (Å²) in [6.07, 6.45) is 1.51. The summed E-state index contributed by atoms with van der Waals surface area (Å²) in [5, 5.41) is 2.18. The standard InChI is InChI=1S/C21H19FN2O3S/c1-13(2)15-5-9-17(10-6-15)23-19(25)12-24-20(26)18(28-21(24)27)11-14-3-7-16(22)8-4-14/h3-11,13H,12H2,1-2H3,(H,23,25)/b18-11+. The molecular formula is C21H19FN2O3S. The molecule has 2 aromatic carbocycles. The number of thioether (sulfide) groups is 1. The maximum Gasteiger partial charge on any atom is 0.294 e. The number of nitrogens with zero attached hydrogens (tertiary/aromatic N) is 1. The molecule has 144 valence electrons. The van der Waals surface area contributed by atoms with E-state index in [-0.39, 0.29) is 17.3 Å². The molecule has 7 heteroatoms. The normalized spacial score (nSPS) is 15.6. The van der Waals surface area contributed by atoms with E-state index in [9.17, 15) is 18.8 Å². The highest BCUT2D eigenvalue weighted by Crippen LogP contribution is 2.32. The number of halogens is 1. The third kappa shape index (κ3) is 4.67. The number of carbonyl (C=O) groups is 3. The quantitative estimate of drug-likeness (QED) is 0.746. The first-order valence-electron chi connectivity index (χ1n) is 8.74. The Morgan fingerprint density at radius 2 is 1.75 bits per heavy atom. The molecule has 3 amide bonds. The summed E-state index contributed by atoms with van der Waals surface area (Å²) in [6.45, 7) is 3.79. The molecule has 28 heavy (non-hydrogen) atoms. The van der Waals surface area contributed by atoms with Gasteiger partial charge in [0.15, 0.2) is 0 Å². The zero-order chi connectivity index (χ0) is 20.3. The van der Waals surface area contributed by atoms with Gasteiger partial charge in [-0.05, 0) is 59.1 Å². The highest BCUT2D eigenvalue weighted by Gasteiger charge is 2.36. The lowest BCUT2D eigenvalue weighted by atomic mass is 10.0. The zero-order valence-electron chi connectivity index (χ0n) is 15.4. The van der Waals surface area contributed by atoms with Crippen molar-refractivity contribution >= 4 is 40.6 Å². The van der Waals surface area contributed by atoms with Crippen molar-refractivity contribution < 1.29 is 18.8 Å². The first-order chi connectivity index (χ1) is 13.3. The van der Waals surface area contributed by atoms with Gasteiger partial charge < -0.3 is 5.32 Å². The molecule has 0 aliphatic carbocycles. The van der Waals surface area contributed by atoms with Gasteiger partial charge in [-0.2, -0.15) is 0 Å². The van der Waals surface area contributed by atoms with E-state index < -0.39 is 17.1 Å². The van der Waals surface area contributed by atoms with E-state index in [1.807, 2.05) is 12.1 Å². The minimum Gasteiger partial charge on any atom is -0.325 e. The van der Waals surface area contributed by atoms with Gasteiger partial charge in [-0.1, -0.05) is 38.1 Å². The second kappa shape index (κ2) is 8.39. The molecule has 1 heterocycles. The predicted octanol–water partition coefficient (Wildman–Crippen LogP) is 4.62. The molecule has 0 saturated carbocycles. The molecule has 0 radical (unpaired) electrons. The molecule has 1 aliphatic rings. The number of hydrogen-bond acceptors (Lipinski definition) is 4. The molecule has 0 unspecified atom stereocenters. The number of rotatable bonds is 5. The topological polar surface area (TPSA) is 66.5 Å². The molecule has 1 fully saturated rings. The van der Waals surface area contributed by atoms with Crippen molar-refractivity contribution in [3.8, 4) is 0 Å². The third-order valence-corrected chi connectivity index (χ3v) is 5.11. The van der Waals surface area contributed by atoms with Crippen molar-refractivity contribution in [3.63, 3.8) is 0 Å². The second-order valence-electron chi connectivity index (χ2n) is 6.64. The van der Waals surface area contributed by atoms with E-state index in [4.69, 9.17) is 0 Å². The van der Waals surface area contributed by atoms with Crippen molar-refractivity contribution in [2.75, 3.05) is 11.9 Å². The van der Waals surface area contributed by atoms with Crippen molar-refractivity contribution in [1.82, 2.24) is 4.90 Å². The number of imide groups is 1. The number of anilines is 1. The van der Waals surface area contributed by atoms with Crippen LogP contribution in [0.1, 0.15) is 30.9 Å². The molecule has 1 saturated heterocycles. The minimum atomic E-state index is -0.537. The Morgan fingerprint density at radius 3 is 2.36 bits per heavy atom. The first-order valence-corrected chi connectivity index (χ1v) is 9.56. The Hall–Kier alpha value is -2.93. The summed E-state index contributed by atoms with van der Waals surface area (Å²) in [6, 6.07) is 13.0. The van der Waals surface area contributed by atoms with Crippen LogP contribution in [0.15, 0.2) is 53.4 Å². The molecule has 3 rings (SSSR count). The van der Waals surface area contributed by atoms with Crippen molar-refractivity contribution in [1.29, 1.82) is 0 Å². The monoisotopic (exact) mass is 398 g/mol. The van der Waals surface area contributed by atoms with E-state index in [0.29, 0.717) is 17.2 Å². The van der Waals surface area contributed by atoms with Gasteiger partial charge in [-0.3, -0.25) is 19.3 Å². The van der Waals surface area contributed by atoms with Gasteiger partial charge in [0.2, 0.25) is 5.91 Å². The van der Waals surface area contributed by atoms with E-state index >= 15 is 0 Å². The first kappa shape index (κ1) is 19.8. The highest BCUT2D eigenvalue weighted by molar-refractivity contribution is 8.18. The lowest BCUT2D eigenvalue weighted by molar-refractivity contribution is -0.127. The molecule has 0 atom stereocenters. The van der Waals surface area contributed by atoms with Gasteiger partial charge in [-0.25, -0.2) is 4.39 Å². The number of hydrogen-bond donors (Lipinski definition) is 1. The van der Waals surface area contributed by atoms with Crippen molar-refractivity contribution in [2.24, 2.45) is 0 Å². The van der Waals surface area contributed by atoms with E-state index in [0.717, 1.165) is 22.2 Å². The molecule has 2 aromatic rings. The van der Waals surface area contributed by atoms with Gasteiger partial charge in [0.1, 0.15) is 12.4 Å². The Bertz CT molecular complexity index is 937. The van der Waals surface area contributed by atoms with Gasteiger partial charge in [0.05, 0.1) is 4.91 Å². The van der Waals surface area contributed by atoms with Crippen LogP contribution in [-0.4, -0.2) is 28.5 Å². The lowest BCUT2D eigenvalue weighted by Gasteiger charge is -2.13. The van der Waals surface area contributed by atoms with Gasteiger partial charge in [0, 0.05) is 5.69 Å². The van der Waals surface area contributed by atoms with E-state index in [1.165, 1.54) is 30.3 Å². The Balaban J connectivity index is 1.65. The maximum absolute atomic E-state index is 13.0. The van der Waals surface area contributed by atoms with Crippen LogP contribution in [0.4, 0.5) is 14.9 Å². The zero-order valence-corrected chi connectivity index (χ0v) is 16.3. The average molecular weight is 398 g/mol. The number of carbonyl (C=O) groups excluding carboxylic acids is 3. The predicted molar refractivity (Wildman–Crippen MR) is 108 cm³/mol. The summed E-state index contributed by atoms with van der Waals surface area (Å²) < 4.78 is 13.0. The van der Waals surface area contributed by atoms with Crippen molar-refractivity contribution in [3.05, 3.63) is 70.4 Å². The SMILES string of the molecule is CC(C)c1ccc(NC(=O)CN2C(=O)S/C(=C/c3ccc(F)cc3)C2=O)cc1. The average Bonchev–Trinajstić information content (AvgIpc) is 2.91. The lowest BCUT2D eigenvalue weighted by Crippen LogP contribution is -2.36. The van der Waals surface area contributed by atoms with Crippen LogP contribution in [0.5, 0.6) is 0 Å². The number of amides is 3. The van der Waals surface area contributed by atoms with Crippen LogP contribution < -0.4 is 5.32 Å². The Morgan fingerprint density at radius 1 is 1.11 bits per heavy atom. The van der Waals surface area contributed by atoms with E-state index in [2.05, 4.69) is 19.2 Å². The molecular weight excluding hydrogens is 379 g/mol. The molecule has 0 spiro atoms. The maximum atomic E-state index is 13.0. The summed E-state index contributed by atoms with van der Waals surface area (Å²) >= 11 is 0.759. The van der Waals surface area contributed by atoms with Crippen LogP contribution in [0.25, 0.3) is 6.08 Å². The Kier molecular flexibility index (Phi) is 5.94. The fraction of sp³-hybridized carbons (Fsp3) is 0.190. The van der Waals surface area contributed by atoms with Crippen LogP contribution in [0, 0.1) is 5.82 Å². The number of nitrogens with one attached hydrogen (secondary N) is 1. The van der Waals surface area contributed by atoms with Crippen LogP contribution in [0.2, 0.25) is 0 Å². The second-order valence-corrected chi connectivity index (χ2v) is 7.64.